The first-order chi connectivity index (χ1) is 13.5. The smallest absolute Gasteiger partial charge is 0.220 e. The predicted octanol–water partition coefficient (Wildman–Crippen LogP) is 4.26. The van der Waals surface area contributed by atoms with Crippen molar-refractivity contribution in [2.45, 2.75) is 116 Å². The number of aliphatic hydroxyl groups excluding tert-OH is 2. The van der Waals surface area contributed by atoms with Crippen LogP contribution in [0.2, 0.25) is 0 Å². The van der Waals surface area contributed by atoms with Crippen LogP contribution >= 0.6 is 0 Å². The van der Waals surface area contributed by atoms with Gasteiger partial charge in [0, 0.05) is 32.6 Å². The van der Waals surface area contributed by atoms with Gasteiger partial charge < -0.3 is 15.5 Å². The molecular formula is C23H48N2O3. The lowest BCUT2D eigenvalue weighted by Gasteiger charge is -2.27. The highest BCUT2D eigenvalue weighted by Crippen LogP contribution is 2.10. The van der Waals surface area contributed by atoms with Gasteiger partial charge in [-0.15, -0.1) is 0 Å². The molecule has 0 fully saturated rings. The molecule has 0 spiro atoms. The second-order valence-electron chi connectivity index (χ2n) is 8.22. The van der Waals surface area contributed by atoms with E-state index < -0.39 is 0 Å². The molecule has 28 heavy (non-hydrogen) atoms. The molecule has 0 aromatic rings. The highest BCUT2D eigenvalue weighted by Gasteiger charge is 2.16. The number of nitrogens with zero attached hydrogens (tertiary/aromatic N) is 1. The number of amides is 1. The molecule has 3 N–H and O–H groups in total. The Labute approximate surface area is 174 Å². The lowest BCUT2D eigenvalue weighted by Crippen LogP contribution is -2.42. The molecule has 0 saturated carbocycles. The second-order valence-corrected chi connectivity index (χ2v) is 8.22. The molecule has 0 aliphatic carbocycles. The van der Waals surface area contributed by atoms with Gasteiger partial charge in [0.2, 0.25) is 5.91 Å². The molecule has 0 aliphatic heterocycles. The number of hydrogen-bond acceptors (Lipinski definition) is 4. The molecule has 2 unspecified atom stereocenters. The van der Waals surface area contributed by atoms with Crippen molar-refractivity contribution in [3.05, 3.63) is 0 Å². The van der Waals surface area contributed by atoms with E-state index in [0.29, 0.717) is 32.6 Å². The maximum absolute atomic E-state index is 11.8. The van der Waals surface area contributed by atoms with E-state index in [1.807, 2.05) is 0 Å². The van der Waals surface area contributed by atoms with Crippen molar-refractivity contribution in [3.8, 4) is 0 Å². The Bertz CT molecular complexity index is 333. The average molecular weight is 401 g/mol. The molecule has 0 aromatic heterocycles. The summed E-state index contributed by atoms with van der Waals surface area (Å²) in [5, 5.41) is 23.8. The minimum absolute atomic E-state index is 0.0991. The summed E-state index contributed by atoms with van der Waals surface area (Å²) in [7, 11) is 0. The van der Waals surface area contributed by atoms with E-state index in [4.69, 9.17) is 0 Å². The van der Waals surface area contributed by atoms with Gasteiger partial charge in [0.25, 0.3) is 0 Å². The quantitative estimate of drug-likeness (QED) is 0.267. The van der Waals surface area contributed by atoms with E-state index in [2.05, 4.69) is 31.0 Å². The van der Waals surface area contributed by atoms with Gasteiger partial charge in [-0.2, -0.15) is 0 Å². The number of unbranched alkanes of at least 4 members (excludes halogenated alkanes) is 7. The van der Waals surface area contributed by atoms with Crippen LogP contribution in [0.1, 0.15) is 104 Å². The normalized spacial score (nSPS) is 13.6. The van der Waals surface area contributed by atoms with Crippen molar-refractivity contribution in [3.63, 3.8) is 0 Å². The summed E-state index contributed by atoms with van der Waals surface area (Å²) < 4.78 is 0. The predicted molar refractivity (Wildman–Crippen MR) is 119 cm³/mol. The highest BCUT2D eigenvalue weighted by atomic mass is 16.3. The van der Waals surface area contributed by atoms with Crippen molar-refractivity contribution in [2.24, 2.45) is 0 Å². The molecule has 5 nitrogen and oxygen atoms in total. The minimum Gasteiger partial charge on any atom is -0.392 e. The van der Waals surface area contributed by atoms with Crippen molar-refractivity contribution >= 4 is 5.91 Å². The monoisotopic (exact) mass is 400 g/mol. The molecule has 2 atom stereocenters. The molecule has 0 aliphatic rings. The summed E-state index contributed by atoms with van der Waals surface area (Å²) in [5.74, 6) is 0.0991. The number of hydrogen-bond donors (Lipinski definition) is 3. The van der Waals surface area contributed by atoms with E-state index in [1.54, 1.807) is 0 Å². The summed E-state index contributed by atoms with van der Waals surface area (Å²) in [5.41, 5.74) is 0. The fourth-order valence-corrected chi connectivity index (χ4v) is 3.43. The van der Waals surface area contributed by atoms with Crippen LogP contribution in [0.4, 0.5) is 0 Å². The fraction of sp³-hybridized carbons (Fsp3) is 0.957. The fourth-order valence-electron chi connectivity index (χ4n) is 3.43. The molecule has 0 heterocycles. The van der Waals surface area contributed by atoms with Gasteiger partial charge in [-0.05, 0) is 19.3 Å². The number of carbonyl (C=O) groups is 1. The average Bonchev–Trinajstić information content (AvgIpc) is 2.67. The summed E-state index contributed by atoms with van der Waals surface area (Å²) in [6.45, 7) is 8.86. The third-order valence-electron chi connectivity index (χ3n) is 5.23. The van der Waals surface area contributed by atoms with Crippen molar-refractivity contribution in [1.82, 2.24) is 10.2 Å². The van der Waals surface area contributed by atoms with Crippen LogP contribution in [0.5, 0.6) is 0 Å². The summed E-state index contributed by atoms with van der Waals surface area (Å²) in [6.07, 6.45) is 12.7. The first-order valence-electron chi connectivity index (χ1n) is 11.9. The molecule has 0 radical (unpaired) electrons. The molecule has 0 rings (SSSR count). The Morgan fingerprint density at radius 1 is 0.786 bits per heavy atom. The number of rotatable bonds is 20. The van der Waals surface area contributed by atoms with E-state index in [-0.39, 0.29) is 18.1 Å². The molecule has 5 heteroatoms. The summed E-state index contributed by atoms with van der Waals surface area (Å²) >= 11 is 0. The Morgan fingerprint density at radius 2 is 1.29 bits per heavy atom. The van der Waals surface area contributed by atoms with Gasteiger partial charge in [-0.25, -0.2) is 0 Å². The molecule has 1 amide bonds. The van der Waals surface area contributed by atoms with Gasteiger partial charge in [-0.3, -0.25) is 9.69 Å². The van der Waals surface area contributed by atoms with E-state index in [0.717, 1.165) is 38.5 Å². The lowest BCUT2D eigenvalue weighted by atomic mass is 10.1. The number of carbonyl (C=O) groups excluding carboxylic acids is 1. The van der Waals surface area contributed by atoms with Crippen molar-refractivity contribution in [1.29, 1.82) is 0 Å². The Hall–Kier alpha value is -0.650. The first kappa shape index (κ1) is 27.4. The standard InChI is InChI=1S/C23H48N2O3/c1-4-7-10-12-14-21(26)19-25(18-17-24-23(28)16-9-6-3)20-22(27)15-13-11-8-5-2/h21-22,26-27H,4-20H2,1-3H3,(H,24,28). The molecule has 0 saturated heterocycles. The highest BCUT2D eigenvalue weighted by molar-refractivity contribution is 5.75. The summed E-state index contributed by atoms with van der Waals surface area (Å²) in [6, 6.07) is 0. The zero-order chi connectivity index (χ0) is 21.0. The maximum atomic E-state index is 11.8. The van der Waals surface area contributed by atoms with E-state index in [9.17, 15) is 15.0 Å². The van der Waals surface area contributed by atoms with Crippen LogP contribution in [0.3, 0.4) is 0 Å². The molecule has 0 aromatic carbocycles. The minimum atomic E-state index is -0.361. The van der Waals surface area contributed by atoms with E-state index >= 15 is 0 Å². The van der Waals surface area contributed by atoms with Gasteiger partial charge in [0.15, 0.2) is 0 Å². The molecular weight excluding hydrogens is 352 g/mol. The van der Waals surface area contributed by atoms with Crippen LogP contribution in [-0.2, 0) is 4.79 Å². The van der Waals surface area contributed by atoms with Crippen LogP contribution in [0, 0.1) is 0 Å². The van der Waals surface area contributed by atoms with Crippen LogP contribution in [0.25, 0.3) is 0 Å². The second kappa shape index (κ2) is 19.7. The number of aliphatic hydroxyl groups is 2. The Kier molecular flexibility index (Phi) is 19.2. The van der Waals surface area contributed by atoms with Gasteiger partial charge in [0.05, 0.1) is 12.2 Å². The Balaban J connectivity index is 4.32. The maximum Gasteiger partial charge on any atom is 0.220 e. The largest absolute Gasteiger partial charge is 0.392 e. The topological polar surface area (TPSA) is 72.8 Å². The van der Waals surface area contributed by atoms with Gasteiger partial charge in [0.1, 0.15) is 0 Å². The zero-order valence-corrected chi connectivity index (χ0v) is 18.9. The van der Waals surface area contributed by atoms with Crippen LogP contribution < -0.4 is 5.32 Å². The lowest BCUT2D eigenvalue weighted by molar-refractivity contribution is -0.121. The first-order valence-corrected chi connectivity index (χ1v) is 11.9. The van der Waals surface area contributed by atoms with Crippen molar-refractivity contribution < 1.29 is 15.0 Å². The Morgan fingerprint density at radius 3 is 1.75 bits per heavy atom. The summed E-state index contributed by atoms with van der Waals surface area (Å²) in [4.78, 5) is 13.9. The molecule has 168 valence electrons. The third kappa shape index (κ3) is 17.4. The van der Waals surface area contributed by atoms with E-state index in [1.165, 1.54) is 38.5 Å². The third-order valence-corrected chi connectivity index (χ3v) is 5.23. The van der Waals surface area contributed by atoms with Gasteiger partial charge >= 0.3 is 0 Å². The van der Waals surface area contributed by atoms with Crippen LogP contribution in [0.15, 0.2) is 0 Å². The molecule has 0 bridgehead atoms. The SMILES string of the molecule is CCCCCCC(O)CN(CCNC(=O)CCCC)CC(O)CCCCCC. The van der Waals surface area contributed by atoms with Crippen molar-refractivity contribution in [2.75, 3.05) is 26.2 Å². The van der Waals surface area contributed by atoms with Crippen LogP contribution in [-0.4, -0.2) is 59.4 Å². The van der Waals surface area contributed by atoms with Gasteiger partial charge in [-0.1, -0.05) is 78.6 Å². The zero-order valence-electron chi connectivity index (χ0n) is 18.9. The number of nitrogens with one attached hydrogen (secondary N) is 1.